The molecular weight excluding hydrogens is 1290 g/mol. The molecule has 3 N–H and O–H groups in total. The molecule has 19 heteroatoms. The molecule has 0 aromatic heterocycles. The quantitative estimate of drug-likeness (QED) is 0.0222. The van der Waals surface area contributed by atoms with E-state index < -0.39 is 97.5 Å². The van der Waals surface area contributed by atoms with Gasteiger partial charge in [-0.3, -0.25) is 37.3 Å². The monoisotopic (exact) mass is 1450 g/mol. The molecule has 588 valence electrons. The fraction of sp³-hybridized carbons (Fsp3) is 0.950. The second-order valence-electron chi connectivity index (χ2n) is 29.5. The molecule has 0 radical (unpaired) electrons. The smallest absolute Gasteiger partial charge is 0.462 e. The molecule has 0 aliphatic rings. The summed E-state index contributed by atoms with van der Waals surface area (Å²) in [6.07, 6.45) is 61.4. The Morgan fingerprint density at radius 1 is 0.293 bits per heavy atom. The number of hydrogen-bond acceptors (Lipinski definition) is 15. The molecule has 0 spiro atoms. The first kappa shape index (κ1) is 97.1. The Kier molecular flexibility index (Phi) is 70.3. The number of esters is 4. The van der Waals surface area contributed by atoms with Crippen molar-refractivity contribution in [3.8, 4) is 0 Å². The van der Waals surface area contributed by atoms with Crippen LogP contribution in [0.5, 0.6) is 0 Å². The van der Waals surface area contributed by atoms with Crippen LogP contribution in [0.4, 0.5) is 0 Å². The van der Waals surface area contributed by atoms with Crippen molar-refractivity contribution in [2.45, 2.75) is 439 Å². The summed E-state index contributed by atoms with van der Waals surface area (Å²) in [5.41, 5.74) is 0. The van der Waals surface area contributed by atoms with Gasteiger partial charge in [0, 0.05) is 25.7 Å². The van der Waals surface area contributed by atoms with Crippen LogP contribution in [0.3, 0.4) is 0 Å². The zero-order valence-electron chi connectivity index (χ0n) is 64.8. The van der Waals surface area contributed by atoms with Crippen LogP contribution in [0.1, 0.15) is 420 Å². The van der Waals surface area contributed by atoms with Crippen molar-refractivity contribution in [2.75, 3.05) is 39.6 Å². The zero-order valence-corrected chi connectivity index (χ0v) is 66.6. The molecule has 0 aromatic carbocycles. The molecular formula is C80H156O17P2. The van der Waals surface area contributed by atoms with Gasteiger partial charge in [-0.25, -0.2) is 9.13 Å². The van der Waals surface area contributed by atoms with E-state index in [2.05, 4.69) is 41.5 Å². The van der Waals surface area contributed by atoms with E-state index in [0.717, 1.165) is 108 Å². The molecule has 6 atom stereocenters. The lowest BCUT2D eigenvalue weighted by Crippen LogP contribution is -2.30. The second-order valence-corrected chi connectivity index (χ2v) is 32.4. The Balaban J connectivity index is 5.12. The predicted molar refractivity (Wildman–Crippen MR) is 405 cm³/mol. The molecule has 0 fully saturated rings. The van der Waals surface area contributed by atoms with Gasteiger partial charge in [0.1, 0.15) is 19.3 Å². The van der Waals surface area contributed by atoms with Crippen molar-refractivity contribution >= 4 is 39.5 Å². The van der Waals surface area contributed by atoms with Gasteiger partial charge < -0.3 is 33.8 Å². The van der Waals surface area contributed by atoms with E-state index in [0.29, 0.717) is 25.7 Å². The average Bonchev–Trinajstić information content (AvgIpc) is 1.18. The minimum atomic E-state index is -4.96. The lowest BCUT2D eigenvalue weighted by Gasteiger charge is -2.21. The van der Waals surface area contributed by atoms with Crippen LogP contribution in [0.15, 0.2) is 0 Å². The van der Waals surface area contributed by atoms with Crippen molar-refractivity contribution in [1.82, 2.24) is 0 Å². The lowest BCUT2D eigenvalue weighted by molar-refractivity contribution is -0.161. The first-order valence-electron chi connectivity index (χ1n) is 41.5. The lowest BCUT2D eigenvalue weighted by atomic mass is 9.99. The standard InChI is InChI=1S/C80H156O17P2/c1-7-10-12-14-15-16-17-18-19-20-21-24-31-36-41-46-52-58-64-79(84)96-75(68-90-77(82)62-56-48-13-11-8-2)70-94-98(86,87)92-66-74(81)67-93-99(88,89)95-71-76(97-80(85)65-59-53-47-42-37-32-25-22-23-28-33-38-43-49-54-60-72(4)5)69-91-78(83)63-57-51-45-40-35-30-27-26-29-34-39-44-50-55-61-73(6)9-3/h72-76,81H,7-71H2,1-6H3,(H,86,87)(H,88,89)/t73?,74-,75+,76+/m0/s1. The van der Waals surface area contributed by atoms with E-state index in [1.807, 2.05) is 0 Å². The summed E-state index contributed by atoms with van der Waals surface area (Å²) in [5, 5.41) is 10.6. The molecule has 0 aliphatic carbocycles. The van der Waals surface area contributed by atoms with Gasteiger partial charge in [-0.05, 0) is 37.5 Å². The Morgan fingerprint density at radius 2 is 0.515 bits per heavy atom. The summed E-state index contributed by atoms with van der Waals surface area (Å²) in [4.78, 5) is 72.7. The summed E-state index contributed by atoms with van der Waals surface area (Å²) in [5.74, 6) is -0.468. The van der Waals surface area contributed by atoms with Crippen molar-refractivity contribution < 1.29 is 80.2 Å². The Bertz CT molecular complexity index is 1910. The average molecular weight is 1450 g/mol. The highest BCUT2D eigenvalue weighted by Crippen LogP contribution is 2.45. The molecule has 0 aliphatic heterocycles. The van der Waals surface area contributed by atoms with E-state index in [1.54, 1.807) is 0 Å². The Morgan fingerprint density at radius 3 is 0.768 bits per heavy atom. The molecule has 17 nitrogen and oxygen atoms in total. The number of aliphatic hydroxyl groups is 1. The first-order valence-corrected chi connectivity index (χ1v) is 44.5. The van der Waals surface area contributed by atoms with Crippen LogP contribution >= 0.6 is 15.6 Å². The third kappa shape index (κ3) is 72.8. The molecule has 0 saturated heterocycles. The van der Waals surface area contributed by atoms with E-state index in [-0.39, 0.29) is 25.7 Å². The van der Waals surface area contributed by atoms with Crippen molar-refractivity contribution in [3.05, 3.63) is 0 Å². The van der Waals surface area contributed by atoms with Crippen LogP contribution in [0.2, 0.25) is 0 Å². The fourth-order valence-electron chi connectivity index (χ4n) is 12.3. The number of phosphoric ester groups is 2. The fourth-order valence-corrected chi connectivity index (χ4v) is 13.9. The van der Waals surface area contributed by atoms with Crippen molar-refractivity contribution in [2.24, 2.45) is 11.8 Å². The molecule has 99 heavy (non-hydrogen) atoms. The van der Waals surface area contributed by atoms with E-state index in [1.165, 1.54) is 231 Å². The molecule has 3 unspecified atom stereocenters. The van der Waals surface area contributed by atoms with Gasteiger partial charge in [0.2, 0.25) is 0 Å². The van der Waals surface area contributed by atoms with Crippen molar-refractivity contribution in [1.29, 1.82) is 0 Å². The highest BCUT2D eigenvalue weighted by Gasteiger charge is 2.30. The number of carbonyl (C=O) groups excluding carboxylic acids is 4. The first-order chi connectivity index (χ1) is 47.9. The number of ether oxygens (including phenoxy) is 4. The van der Waals surface area contributed by atoms with E-state index >= 15 is 0 Å². The van der Waals surface area contributed by atoms with Gasteiger partial charge in [-0.1, -0.05) is 369 Å². The maximum Gasteiger partial charge on any atom is 0.472 e. The maximum atomic E-state index is 13.1. The Hall–Kier alpha value is -1.94. The number of hydrogen-bond donors (Lipinski definition) is 3. The van der Waals surface area contributed by atoms with Crippen molar-refractivity contribution in [3.63, 3.8) is 0 Å². The summed E-state index contributed by atoms with van der Waals surface area (Å²) < 4.78 is 68.5. The third-order valence-corrected chi connectivity index (χ3v) is 21.0. The van der Waals surface area contributed by atoms with Gasteiger partial charge in [0.15, 0.2) is 12.2 Å². The summed E-state index contributed by atoms with van der Waals surface area (Å²) in [6.45, 7) is 9.63. The topological polar surface area (TPSA) is 237 Å². The van der Waals surface area contributed by atoms with Crippen LogP contribution in [0, 0.1) is 11.8 Å². The minimum absolute atomic E-state index is 0.108. The number of unbranched alkanes of at least 4 members (excludes halogenated alkanes) is 48. The highest BCUT2D eigenvalue weighted by atomic mass is 31.2. The van der Waals surface area contributed by atoms with Crippen LogP contribution < -0.4 is 0 Å². The van der Waals surface area contributed by atoms with Gasteiger partial charge in [0.25, 0.3) is 0 Å². The molecule has 0 aromatic rings. The third-order valence-electron chi connectivity index (χ3n) is 19.1. The van der Waals surface area contributed by atoms with Crippen LogP contribution in [-0.4, -0.2) is 96.7 Å². The Labute approximate surface area is 607 Å². The number of phosphoric acid groups is 2. The number of carbonyl (C=O) groups is 4. The summed E-state index contributed by atoms with van der Waals surface area (Å²) >= 11 is 0. The minimum Gasteiger partial charge on any atom is -0.462 e. The summed E-state index contributed by atoms with van der Waals surface area (Å²) in [6, 6.07) is 0. The number of aliphatic hydroxyl groups excluding tert-OH is 1. The largest absolute Gasteiger partial charge is 0.472 e. The molecule has 0 heterocycles. The SMILES string of the molecule is CCCCCCCCCCCCCCCCCCCCC(=O)O[C@H](COC(=O)CCCCCCC)COP(=O)(O)OC[C@H](O)COP(=O)(O)OC[C@@H](COC(=O)CCCCCCCCCCCCCCCCC(C)CC)OC(=O)CCCCCCCCCCCCCCCCCC(C)C. The van der Waals surface area contributed by atoms with Crippen LogP contribution in [-0.2, 0) is 65.4 Å². The zero-order chi connectivity index (χ0) is 72.8. The maximum absolute atomic E-state index is 13.1. The summed E-state index contributed by atoms with van der Waals surface area (Å²) in [7, 11) is -9.91. The van der Waals surface area contributed by atoms with Gasteiger partial charge >= 0.3 is 39.5 Å². The molecule has 0 amide bonds. The normalized spacial score (nSPS) is 14.2. The predicted octanol–water partition coefficient (Wildman–Crippen LogP) is 23.9. The van der Waals surface area contributed by atoms with E-state index in [4.69, 9.17) is 37.0 Å². The molecule has 0 saturated carbocycles. The second kappa shape index (κ2) is 71.7. The molecule has 0 rings (SSSR count). The highest BCUT2D eigenvalue weighted by molar-refractivity contribution is 7.47. The van der Waals surface area contributed by atoms with Gasteiger partial charge in [-0.2, -0.15) is 0 Å². The van der Waals surface area contributed by atoms with Gasteiger partial charge in [0.05, 0.1) is 26.4 Å². The van der Waals surface area contributed by atoms with Gasteiger partial charge in [-0.15, -0.1) is 0 Å². The number of rotatable bonds is 79. The molecule has 0 bridgehead atoms. The van der Waals surface area contributed by atoms with E-state index in [9.17, 15) is 43.2 Å². The van der Waals surface area contributed by atoms with Crippen LogP contribution in [0.25, 0.3) is 0 Å².